The van der Waals surface area contributed by atoms with Crippen molar-refractivity contribution in [2.45, 2.75) is 13.8 Å². The highest BCUT2D eigenvalue weighted by atomic mass is 16.5. The van der Waals surface area contributed by atoms with Gasteiger partial charge < -0.3 is 4.74 Å². The summed E-state index contributed by atoms with van der Waals surface area (Å²) < 4.78 is 5.29. The first-order valence-corrected chi connectivity index (χ1v) is 4.72. The molecule has 0 saturated carbocycles. The summed E-state index contributed by atoms with van der Waals surface area (Å²) in [6, 6.07) is 5.70. The Morgan fingerprint density at radius 1 is 1.40 bits per heavy atom. The molecule has 15 heavy (non-hydrogen) atoms. The zero-order chi connectivity index (χ0) is 11.4. The average molecular weight is 208 g/mol. The molecule has 1 rings (SSSR count). The van der Waals surface area contributed by atoms with Crippen molar-refractivity contribution in [3.05, 3.63) is 29.3 Å². The Hall–Kier alpha value is -1.55. The van der Waals surface area contributed by atoms with Crippen LogP contribution in [0, 0.1) is 13.8 Å². The Labute approximate surface area is 89.6 Å². The molecule has 0 aliphatic heterocycles. The van der Waals surface area contributed by atoms with Gasteiger partial charge in [0.25, 0.3) is 5.91 Å². The smallest absolute Gasteiger partial charge is 0.274 e. The lowest BCUT2D eigenvalue weighted by molar-refractivity contribution is -0.132. The number of rotatable bonds is 3. The molecule has 82 valence electrons. The first kappa shape index (κ1) is 11.5. The van der Waals surface area contributed by atoms with E-state index >= 15 is 0 Å². The molecule has 0 heterocycles. The molecule has 0 aromatic heterocycles. The van der Waals surface area contributed by atoms with Gasteiger partial charge in [-0.05, 0) is 37.1 Å². The minimum atomic E-state index is -0.256. The third-order valence-corrected chi connectivity index (χ3v) is 2.23. The summed E-state index contributed by atoms with van der Waals surface area (Å²) in [6.45, 7) is 3.99. The van der Waals surface area contributed by atoms with Crippen LogP contribution in [0.1, 0.15) is 11.1 Å². The number of benzene rings is 1. The van der Waals surface area contributed by atoms with E-state index in [-0.39, 0.29) is 12.5 Å². The van der Waals surface area contributed by atoms with Crippen molar-refractivity contribution >= 4 is 5.91 Å². The van der Waals surface area contributed by atoms with Crippen LogP contribution in [0.15, 0.2) is 18.2 Å². The molecule has 0 aliphatic carbocycles. The molecule has 4 nitrogen and oxygen atoms in total. The van der Waals surface area contributed by atoms with Gasteiger partial charge in [-0.2, -0.15) is 0 Å². The third kappa shape index (κ3) is 3.25. The quantitative estimate of drug-likeness (QED) is 0.458. The molecule has 2 N–H and O–H groups in total. The van der Waals surface area contributed by atoms with Crippen LogP contribution < -0.4 is 10.6 Å². The van der Waals surface area contributed by atoms with E-state index in [0.717, 1.165) is 10.6 Å². The first-order chi connectivity index (χ1) is 7.00. The van der Waals surface area contributed by atoms with Gasteiger partial charge in [-0.15, -0.1) is 0 Å². The molecule has 0 aliphatic rings. The number of hydrogen-bond acceptors (Lipinski definition) is 3. The van der Waals surface area contributed by atoms with Crippen LogP contribution in [-0.2, 0) is 4.79 Å². The summed E-state index contributed by atoms with van der Waals surface area (Å²) in [6.07, 6.45) is 0. The second kappa shape index (κ2) is 4.79. The van der Waals surface area contributed by atoms with Crippen molar-refractivity contribution in [2.24, 2.45) is 5.84 Å². The summed E-state index contributed by atoms with van der Waals surface area (Å²) in [7, 11) is 1.49. The molecule has 0 bridgehead atoms. The number of amides is 1. The zero-order valence-corrected chi connectivity index (χ0v) is 9.28. The van der Waals surface area contributed by atoms with E-state index in [2.05, 4.69) is 0 Å². The summed E-state index contributed by atoms with van der Waals surface area (Å²) in [5.41, 5.74) is 2.34. The maximum Gasteiger partial charge on any atom is 0.274 e. The van der Waals surface area contributed by atoms with E-state index in [4.69, 9.17) is 10.6 Å². The number of nitrogens with zero attached hydrogens (tertiary/aromatic N) is 1. The van der Waals surface area contributed by atoms with Crippen molar-refractivity contribution in [2.75, 3.05) is 13.7 Å². The van der Waals surface area contributed by atoms with Gasteiger partial charge in [0.05, 0.1) is 0 Å². The minimum Gasteiger partial charge on any atom is -0.484 e. The SMILES string of the molecule is Cc1ccc(OCC(=O)N(C)N)cc1C. The molecule has 0 fully saturated rings. The summed E-state index contributed by atoms with van der Waals surface area (Å²) in [5, 5.41) is 1.01. The fourth-order valence-electron chi connectivity index (χ4n) is 1.05. The Balaban J connectivity index is 2.58. The van der Waals surface area contributed by atoms with Crippen molar-refractivity contribution < 1.29 is 9.53 Å². The van der Waals surface area contributed by atoms with Gasteiger partial charge in [-0.25, -0.2) is 5.84 Å². The molecule has 1 aromatic rings. The molecule has 0 spiro atoms. The zero-order valence-electron chi connectivity index (χ0n) is 9.28. The highest BCUT2D eigenvalue weighted by molar-refractivity contribution is 5.76. The highest BCUT2D eigenvalue weighted by Gasteiger charge is 2.05. The number of nitrogens with two attached hydrogens (primary N) is 1. The van der Waals surface area contributed by atoms with E-state index in [1.54, 1.807) is 0 Å². The first-order valence-electron chi connectivity index (χ1n) is 4.72. The molecular formula is C11H16N2O2. The second-order valence-electron chi connectivity index (χ2n) is 3.54. The molecule has 0 atom stereocenters. The standard InChI is InChI=1S/C11H16N2O2/c1-8-4-5-10(6-9(8)2)15-7-11(14)13(3)12/h4-6H,7,12H2,1-3H3. The summed E-state index contributed by atoms with van der Waals surface area (Å²) >= 11 is 0. The van der Waals surface area contributed by atoms with Crippen LogP contribution in [0.25, 0.3) is 0 Å². The van der Waals surface area contributed by atoms with Crippen LogP contribution in [0.5, 0.6) is 5.75 Å². The van der Waals surface area contributed by atoms with Gasteiger partial charge >= 0.3 is 0 Å². The Bertz CT molecular complexity index is 362. The maximum atomic E-state index is 11.1. The van der Waals surface area contributed by atoms with Gasteiger partial charge in [-0.1, -0.05) is 6.07 Å². The van der Waals surface area contributed by atoms with Gasteiger partial charge in [0.2, 0.25) is 0 Å². The van der Waals surface area contributed by atoms with Crippen LogP contribution in [-0.4, -0.2) is 24.6 Å². The predicted molar refractivity (Wildman–Crippen MR) is 58.4 cm³/mol. The molecule has 1 amide bonds. The lowest BCUT2D eigenvalue weighted by Crippen LogP contribution is -2.36. The lowest BCUT2D eigenvalue weighted by Gasteiger charge is -2.11. The largest absolute Gasteiger partial charge is 0.484 e. The molecule has 0 unspecified atom stereocenters. The number of carbonyl (C=O) groups excluding carboxylic acids is 1. The van der Waals surface area contributed by atoms with Crippen LogP contribution in [0.4, 0.5) is 0 Å². The van der Waals surface area contributed by atoms with Crippen molar-refractivity contribution in [1.29, 1.82) is 0 Å². The van der Waals surface area contributed by atoms with Crippen LogP contribution in [0.3, 0.4) is 0 Å². The van der Waals surface area contributed by atoms with E-state index < -0.39 is 0 Å². The Morgan fingerprint density at radius 3 is 2.60 bits per heavy atom. The number of likely N-dealkylation sites (N-methyl/N-ethyl adjacent to an activating group) is 1. The molecule has 4 heteroatoms. The fourth-order valence-corrected chi connectivity index (χ4v) is 1.05. The second-order valence-corrected chi connectivity index (χ2v) is 3.54. The summed E-state index contributed by atoms with van der Waals surface area (Å²) in [5.74, 6) is 5.69. The van der Waals surface area contributed by atoms with E-state index in [1.165, 1.54) is 12.6 Å². The monoisotopic (exact) mass is 208 g/mol. The van der Waals surface area contributed by atoms with Crippen molar-refractivity contribution in [3.8, 4) is 5.75 Å². The van der Waals surface area contributed by atoms with E-state index in [0.29, 0.717) is 5.75 Å². The number of carbonyl (C=O) groups is 1. The van der Waals surface area contributed by atoms with Gasteiger partial charge in [0.1, 0.15) is 5.75 Å². The van der Waals surface area contributed by atoms with Crippen LogP contribution in [0.2, 0.25) is 0 Å². The van der Waals surface area contributed by atoms with Gasteiger partial charge in [0, 0.05) is 7.05 Å². The molecule has 0 saturated heterocycles. The fraction of sp³-hybridized carbons (Fsp3) is 0.364. The molecule has 0 radical (unpaired) electrons. The number of ether oxygens (including phenoxy) is 1. The number of hydrogen-bond donors (Lipinski definition) is 1. The third-order valence-electron chi connectivity index (χ3n) is 2.23. The lowest BCUT2D eigenvalue weighted by atomic mass is 10.1. The maximum absolute atomic E-state index is 11.1. The Kier molecular flexibility index (Phi) is 3.68. The summed E-state index contributed by atoms with van der Waals surface area (Å²) in [4.78, 5) is 11.1. The highest BCUT2D eigenvalue weighted by Crippen LogP contribution is 2.16. The van der Waals surface area contributed by atoms with Crippen molar-refractivity contribution in [1.82, 2.24) is 5.01 Å². The Morgan fingerprint density at radius 2 is 2.07 bits per heavy atom. The predicted octanol–water partition coefficient (Wildman–Crippen LogP) is 1.01. The number of aryl methyl sites for hydroxylation is 2. The molecule has 1 aromatic carbocycles. The van der Waals surface area contributed by atoms with Gasteiger partial charge in [0.15, 0.2) is 6.61 Å². The average Bonchev–Trinajstić information content (AvgIpc) is 2.19. The van der Waals surface area contributed by atoms with E-state index in [9.17, 15) is 4.79 Å². The van der Waals surface area contributed by atoms with Crippen molar-refractivity contribution in [3.63, 3.8) is 0 Å². The topological polar surface area (TPSA) is 55.6 Å². The normalized spacial score (nSPS) is 9.87. The van der Waals surface area contributed by atoms with Gasteiger partial charge in [-0.3, -0.25) is 9.80 Å². The minimum absolute atomic E-state index is 0.0322. The van der Waals surface area contributed by atoms with E-state index in [1.807, 2.05) is 32.0 Å². The van der Waals surface area contributed by atoms with Crippen LogP contribution >= 0.6 is 0 Å². The molecular weight excluding hydrogens is 192 g/mol. The number of hydrazine groups is 1.